The molecule has 0 aliphatic rings. The Balaban J connectivity index is 2.19. The van der Waals surface area contributed by atoms with Gasteiger partial charge in [0.1, 0.15) is 16.7 Å². The van der Waals surface area contributed by atoms with Gasteiger partial charge in [0.05, 0.1) is 9.82 Å². The molecule has 0 unspecified atom stereocenters. The number of hydrogen-bond donors (Lipinski definition) is 3. The van der Waals surface area contributed by atoms with Crippen molar-refractivity contribution in [2.24, 2.45) is 0 Å². The Morgan fingerprint density at radius 3 is 2.57 bits per heavy atom. The summed E-state index contributed by atoms with van der Waals surface area (Å²) in [6.45, 7) is 0. The minimum atomic E-state index is -4.41. The molecule has 3 N–H and O–H groups in total. The van der Waals surface area contributed by atoms with Crippen LogP contribution in [0.5, 0.6) is 0 Å². The summed E-state index contributed by atoms with van der Waals surface area (Å²) in [5.74, 6) is -0.863. The number of nitrogens with zero attached hydrogens (tertiary/aromatic N) is 2. The molecule has 0 saturated heterocycles. The Hall–Kier alpha value is -3.46. The van der Waals surface area contributed by atoms with Crippen molar-refractivity contribution in [3.05, 3.63) is 69.4 Å². The second kappa shape index (κ2) is 8.49. The maximum Gasteiger partial charge on any atom is 0.294 e. The van der Waals surface area contributed by atoms with Gasteiger partial charge in [-0.15, -0.1) is 0 Å². The fraction of sp³-hybridized carbons (Fsp3) is 0. The van der Waals surface area contributed by atoms with Crippen molar-refractivity contribution in [2.75, 3.05) is 10.6 Å². The molecule has 12 heteroatoms. The first-order chi connectivity index (χ1) is 13.1. The molecule has 0 aromatic heterocycles. The number of nitro benzene ring substituents is 1. The van der Waals surface area contributed by atoms with Crippen LogP contribution in [0.1, 0.15) is 0 Å². The van der Waals surface area contributed by atoms with Gasteiger partial charge >= 0.3 is 0 Å². The van der Waals surface area contributed by atoms with Gasteiger partial charge in [-0.3, -0.25) is 19.5 Å². The van der Waals surface area contributed by atoms with Crippen molar-refractivity contribution >= 4 is 44.7 Å². The summed E-state index contributed by atoms with van der Waals surface area (Å²) in [6.07, 6.45) is 1.02. The third-order valence-electron chi connectivity index (χ3n) is 3.28. The van der Waals surface area contributed by atoms with E-state index in [4.69, 9.17) is 21.4 Å². The van der Waals surface area contributed by atoms with Gasteiger partial charge < -0.3 is 10.6 Å². The molecule has 0 fully saturated rings. The molecule has 28 heavy (non-hydrogen) atoms. The van der Waals surface area contributed by atoms with Gasteiger partial charge in [-0.2, -0.15) is 13.7 Å². The first-order valence-corrected chi connectivity index (χ1v) is 9.13. The highest BCUT2D eigenvalue weighted by Gasteiger charge is 2.16. The molecule has 144 valence electrons. The highest BCUT2D eigenvalue weighted by atomic mass is 35.5. The highest BCUT2D eigenvalue weighted by Crippen LogP contribution is 2.27. The molecule has 0 heterocycles. The summed E-state index contributed by atoms with van der Waals surface area (Å²) < 4.78 is 31.3. The highest BCUT2D eigenvalue weighted by molar-refractivity contribution is 7.85. The average Bonchev–Trinajstić information content (AvgIpc) is 2.63. The van der Waals surface area contributed by atoms with E-state index in [0.29, 0.717) is 0 Å². The molecule has 10 nitrogen and oxygen atoms in total. The number of hydrogen-bond acceptors (Lipinski definition) is 7. The van der Waals surface area contributed by atoms with E-state index >= 15 is 0 Å². The summed E-state index contributed by atoms with van der Waals surface area (Å²) in [7, 11) is -4.41. The topological polar surface area (TPSA) is 162 Å². The number of nitriles is 1. The Morgan fingerprint density at radius 1 is 1.25 bits per heavy atom. The van der Waals surface area contributed by atoms with Crippen LogP contribution in [0, 0.1) is 21.4 Å². The first-order valence-electron chi connectivity index (χ1n) is 7.31. The summed E-state index contributed by atoms with van der Waals surface area (Å²) in [4.78, 5) is 22.0. The normalized spacial score (nSPS) is 11.4. The summed E-state index contributed by atoms with van der Waals surface area (Å²) >= 11 is 5.69. The Labute approximate surface area is 163 Å². The van der Waals surface area contributed by atoms with Crippen LogP contribution in [0.3, 0.4) is 0 Å². The molecule has 0 saturated carbocycles. The molecule has 0 spiro atoms. The van der Waals surface area contributed by atoms with Crippen LogP contribution in [-0.4, -0.2) is 23.8 Å². The van der Waals surface area contributed by atoms with Crippen LogP contribution in [0.2, 0.25) is 5.02 Å². The average molecular weight is 423 g/mol. The molecule has 2 aromatic carbocycles. The van der Waals surface area contributed by atoms with Crippen LogP contribution < -0.4 is 10.6 Å². The van der Waals surface area contributed by atoms with Gasteiger partial charge in [0.15, 0.2) is 0 Å². The van der Waals surface area contributed by atoms with Crippen LogP contribution in [0.25, 0.3) is 0 Å². The van der Waals surface area contributed by atoms with E-state index < -0.39 is 32.2 Å². The van der Waals surface area contributed by atoms with E-state index in [9.17, 15) is 23.3 Å². The molecule has 0 aliphatic heterocycles. The van der Waals surface area contributed by atoms with Crippen LogP contribution >= 0.6 is 11.6 Å². The van der Waals surface area contributed by atoms with E-state index in [2.05, 4.69) is 10.6 Å². The number of amides is 1. The van der Waals surface area contributed by atoms with E-state index in [1.165, 1.54) is 24.3 Å². The number of nitro groups is 1. The van der Waals surface area contributed by atoms with Gasteiger partial charge in [-0.1, -0.05) is 17.7 Å². The molecule has 1 amide bonds. The number of anilines is 2. The Kier molecular flexibility index (Phi) is 6.32. The summed E-state index contributed by atoms with van der Waals surface area (Å²) in [6, 6.07) is 10.3. The minimum Gasteiger partial charge on any atom is -0.360 e. The van der Waals surface area contributed by atoms with Crippen molar-refractivity contribution in [2.45, 2.75) is 4.90 Å². The largest absolute Gasteiger partial charge is 0.360 e. The maximum absolute atomic E-state index is 12.2. The molecule has 0 aliphatic carbocycles. The second-order valence-electron chi connectivity index (χ2n) is 5.19. The number of carbonyl (C=O) groups is 1. The predicted molar refractivity (Wildman–Crippen MR) is 100 cm³/mol. The zero-order chi connectivity index (χ0) is 20.9. The first kappa shape index (κ1) is 20.8. The number of halogens is 1. The molecule has 2 rings (SSSR count). The van der Waals surface area contributed by atoms with Crippen molar-refractivity contribution in [1.29, 1.82) is 5.26 Å². The molecular formula is C16H11ClN4O6S. The van der Waals surface area contributed by atoms with Gasteiger partial charge in [0, 0.05) is 23.6 Å². The van der Waals surface area contributed by atoms with Crippen molar-refractivity contribution in [3.63, 3.8) is 0 Å². The quantitative estimate of drug-likeness (QED) is 0.210. The molecule has 0 radical (unpaired) electrons. The third kappa shape index (κ3) is 5.27. The fourth-order valence-corrected chi connectivity index (χ4v) is 2.69. The lowest BCUT2D eigenvalue weighted by atomic mass is 10.2. The minimum absolute atomic E-state index is 0.0515. The fourth-order valence-electron chi connectivity index (χ4n) is 1.98. The molecule has 2 aromatic rings. The van der Waals surface area contributed by atoms with E-state index in [0.717, 1.165) is 24.4 Å². The van der Waals surface area contributed by atoms with E-state index in [1.54, 1.807) is 6.07 Å². The lowest BCUT2D eigenvalue weighted by molar-refractivity contribution is -0.384. The van der Waals surface area contributed by atoms with Gasteiger partial charge in [-0.25, -0.2) is 0 Å². The smallest absolute Gasteiger partial charge is 0.294 e. The van der Waals surface area contributed by atoms with Crippen LogP contribution in [0.15, 0.2) is 59.1 Å². The van der Waals surface area contributed by atoms with Gasteiger partial charge in [0.2, 0.25) is 0 Å². The third-order valence-corrected chi connectivity index (χ3v) is 4.45. The van der Waals surface area contributed by atoms with Crippen LogP contribution in [-0.2, 0) is 14.9 Å². The van der Waals surface area contributed by atoms with Gasteiger partial charge in [0.25, 0.3) is 21.7 Å². The summed E-state index contributed by atoms with van der Waals surface area (Å²) in [5.41, 5.74) is -0.564. The molecule has 0 bridgehead atoms. The lowest BCUT2D eigenvalue weighted by Crippen LogP contribution is -2.14. The maximum atomic E-state index is 12.2. The number of benzene rings is 2. The van der Waals surface area contributed by atoms with Gasteiger partial charge in [-0.05, 0) is 30.3 Å². The van der Waals surface area contributed by atoms with E-state index in [1.807, 2.05) is 0 Å². The van der Waals surface area contributed by atoms with Crippen molar-refractivity contribution in [1.82, 2.24) is 0 Å². The Morgan fingerprint density at radius 2 is 1.96 bits per heavy atom. The van der Waals surface area contributed by atoms with Crippen molar-refractivity contribution in [3.8, 4) is 6.07 Å². The molecule has 0 atom stereocenters. The lowest BCUT2D eigenvalue weighted by Gasteiger charge is -2.06. The number of rotatable bonds is 6. The zero-order valence-corrected chi connectivity index (χ0v) is 15.4. The monoisotopic (exact) mass is 422 g/mol. The molecular weight excluding hydrogens is 412 g/mol. The Bertz CT molecular complexity index is 1120. The standard InChI is InChI=1S/C16H11ClN4O6S/c17-14-5-4-12(7-15(14)21(23)24)20-16(22)10(8-18)9-19-11-2-1-3-13(6-11)28(25,26)27/h1-7,9,19H,(H,20,22)(H,25,26,27)/b10-9-. The summed E-state index contributed by atoms with van der Waals surface area (Å²) in [5, 5.41) is 24.8. The predicted octanol–water partition coefficient (Wildman–Crippen LogP) is 2.95. The van der Waals surface area contributed by atoms with E-state index in [-0.39, 0.29) is 21.3 Å². The number of nitrogens with one attached hydrogen (secondary N) is 2. The second-order valence-corrected chi connectivity index (χ2v) is 7.02. The van der Waals surface area contributed by atoms with Crippen molar-refractivity contribution < 1.29 is 22.7 Å². The zero-order valence-electron chi connectivity index (χ0n) is 13.8. The van der Waals surface area contributed by atoms with Crippen LogP contribution in [0.4, 0.5) is 17.1 Å². The number of carbonyl (C=O) groups excluding carboxylic acids is 1. The SMILES string of the molecule is N#C/C(=C/Nc1cccc(S(=O)(=O)O)c1)C(=O)Nc1ccc(Cl)c([N+](=O)[O-])c1.